The molecule has 0 saturated carbocycles. The van der Waals surface area contributed by atoms with Crippen LogP contribution < -0.4 is 16.6 Å². The van der Waals surface area contributed by atoms with E-state index in [2.05, 4.69) is 15.7 Å². The minimum atomic E-state index is -0.551. The van der Waals surface area contributed by atoms with Gasteiger partial charge in [0.15, 0.2) is 0 Å². The number of nitrogens with one attached hydrogen (secondary N) is 2. The lowest BCUT2D eigenvalue weighted by Crippen LogP contribution is -2.14. The van der Waals surface area contributed by atoms with Gasteiger partial charge in [0.05, 0.1) is 0 Å². The first-order chi connectivity index (χ1) is 9.47. The fraction of sp³-hybridized carbons (Fsp3) is 0. The molecule has 5 nitrogen and oxygen atoms in total. The molecule has 0 fully saturated rings. The van der Waals surface area contributed by atoms with E-state index in [0.717, 1.165) is 12.1 Å². The number of rotatable bonds is 3. The molecule has 8 heteroatoms. The van der Waals surface area contributed by atoms with Crippen LogP contribution in [0.2, 0.25) is 10.2 Å². The second kappa shape index (κ2) is 6.04. The predicted octanol–water partition coefficient (Wildman–Crippen LogP) is 3.07. The fourth-order valence-corrected chi connectivity index (χ4v) is 1.96. The van der Waals surface area contributed by atoms with Crippen molar-refractivity contribution in [1.82, 2.24) is 4.98 Å². The van der Waals surface area contributed by atoms with E-state index in [-0.39, 0.29) is 27.2 Å². The smallest absolute Gasteiger partial charge is 0.255 e. The van der Waals surface area contributed by atoms with Crippen molar-refractivity contribution in [2.75, 3.05) is 10.7 Å². The van der Waals surface area contributed by atoms with Crippen LogP contribution in [0.1, 0.15) is 10.4 Å². The number of halogens is 3. The third-order valence-electron chi connectivity index (χ3n) is 2.32. The number of anilines is 2. The monoisotopic (exact) mass is 314 g/mol. The molecule has 4 N–H and O–H groups in total. The number of nitrogen functional groups attached to an aromatic ring is 1. The second-order valence-corrected chi connectivity index (χ2v) is 4.64. The Morgan fingerprint density at radius 1 is 1.20 bits per heavy atom. The molecule has 2 rings (SSSR count). The van der Waals surface area contributed by atoms with Crippen molar-refractivity contribution >= 4 is 40.6 Å². The molecule has 1 aromatic heterocycles. The molecule has 0 aliphatic carbocycles. The van der Waals surface area contributed by atoms with Gasteiger partial charge in [-0.05, 0) is 30.3 Å². The molecule has 0 unspecified atom stereocenters. The zero-order valence-corrected chi connectivity index (χ0v) is 11.5. The van der Waals surface area contributed by atoms with E-state index in [9.17, 15) is 9.18 Å². The molecule has 0 saturated heterocycles. The maximum atomic E-state index is 13.2. The summed E-state index contributed by atoms with van der Waals surface area (Å²) in [6.07, 6.45) is 0. The SMILES string of the molecule is NNc1cc(C(=O)Nc2cc(F)cc(Cl)c2)cc(Cl)n1. The Kier molecular flexibility index (Phi) is 4.39. The van der Waals surface area contributed by atoms with Gasteiger partial charge in [-0.3, -0.25) is 4.79 Å². The van der Waals surface area contributed by atoms with E-state index in [4.69, 9.17) is 29.0 Å². The molecule has 104 valence electrons. The lowest BCUT2D eigenvalue weighted by molar-refractivity contribution is 0.102. The van der Waals surface area contributed by atoms with Crippen molar-refractivity contribution in [2.45, 2.75) is 0 Å². The Morgan fingerprint density at radius 3 is 2.60 bits per heavy atom. The number of pyridine rings is 1. The molecule has 2 aromatic rings. The van der Waals surface area contributed by atoms with E-state index in [1.807, 2.05) is 0 Å². The van der Waals surface area contributed by atoms with Crippen molar-refractivity contribution in [3.8, 4) is 0 Å². The molecule has 0 aliphatic rings. The molecule has 0 radical (unpaired) electrons. The van der Waals surface area contributed by atoms with Crippen LogP contribution in [0.3, 0.4) is 0 Å². The number of carbonyl (C=O) groups is 1. The molecule has 0 spiro atoms. The summed E-state index contributed by atoms with van der Waals surface area (Å²) in [5, 5.41) is 2.78. The van der Waals surface area contributed by atoms with Gasteiger partial charge < -0.3 is 10.7 Å². The third-order valence-corrected chi connectivity index (χ3v) is 2.74. The van der Waals surface area contributed by atoms with Gasteiger partial charge in [-0.25, -0.2) is 15.2 Å². The van der Waals surface area contributed by atoms with Crippen molar-refractivity contribution < 1.29 is 9.18 Å². The quantitative estimate of drug-likeness (QED) is 0.462. The number of hydrogen-bond donors (Lipinski definition) is 3. The molecule has 0 aliphatic heterocycles. The van der Waals surface area contributed by atoms with E-state index in [0.29, 0.717) is 0 Å². The van der Waals surface area contributed by atoms with Crippen LogP contribution in [-0.2, 0) is 0 Å². The van der Waals surface area contributed by atoms with Crippen molar-refractivity contribution in [3.05, 3.63) is 51.9 Å². The number of aromatic nitrogens is 1. The van der Waals surface area contributed by atoms with Crippen LogP contribution in [0, 0.1) is 5.82 Å². The average Bonchev–Trinajstić information content (AvgIpc) is 2.36. The topological polar surface area (TPSA) is 80.0 Å². The van der Waals surface area contributed by atoms with Gasteiger partial charge in [0.25, 0.3) is 5.91 Å². The number of nitrogens with zero attached hydrogens (tertiary/aromatic N) is 1. The van der Waals surface area contributed by atoms with Crippen LogP contribution in [0.15, 0.2) is 30.3 Å². The third kappa shape index (κ3) is 3.57. The number of carbonyl (C=O) groups excluding carboxylic acids is 1. The Labute approximate surface area is 123 Å². The van der Waals surface area contributed by atoms with Gasteiger partial charge in [-0.15, -0.1) is 0 Å². The van der Waals surface area contributed by atoms with Crippen LogP contribution in [0.4, 0.5) is 15.9 Å². The van der Waals surface area contributed by atoms with E-state index in [1.54, 1.807) is 0 Å². The summed E-state index contributed by atoms with van der Waals surface area (Å²) in [6.45, 7) is 0. The maximum Gasteiger partial charge on any atom is 0.255 e. The first-order valence-corrected chi connectivity index (χ1v) is 6.15. The molecular formula is C12H9Cl2FN4O. The number of nitrogens with two attached hydrogens (primary N) is 1. The molecule has 1 amide bonds. The number of hydrazine groups is 1. The number of benzene rings is 1. The van der Waals surface area contributed by atoms with Crippen LogP contribution in [-0.4, -0.2) is 10.9 Å². The Morgan fingerprint density at radius 2 is 1.95 bits per heavy atom. The number of hydrogen-bond acceptors (Lipinski definition) is 4. The van der Waals surface area contributed by atoms with Gasteiger partial charge in [-0.1, -0.05) is 23.2 Å². The zero-order chi connectivity index (χ0) is 14.7. The first-order valence-electron chi connectivity index (χ1n) is 5.39. The van der Waals surface area contributed by atoms with Gasteiger partial charge >= 0.3 is 0 Å². The van der Waals surface area contributed by atoms with Gasteiger partial charge in [0.2, 0.25) is 0 Å². The van der Waals surface area contributed by atoms with Crippen molar-refractivity contribution in [3.63, 3.8) is 0 Å². The molecular weight excluding hydrogens is 306 g/mol. The van der Waals surface area contributed by atoms with E-state index >= 15 is 0 Å². The Bertz CT molecular complexity index is 646. The molecule has 1 aromatic carbocycles. The summed E-state index contributed by atoms with van der Waals surface area (Å²) in [6, 6.07) is 6.47. The van der Waals surface area contributed by atoms with E-state index in [1.165, 1.54) is 18.2 Å². The molecule has 0 atom stereocenters. The van der Waals surface area contributed by atoms with Crippen LogP contribution in [0.5, 0.6) is 0 Å². The second-order valence-electron chi connectivity index (χ2n) is 3.82. The number of amides is 1. The normalized spacial score (nSPS) is 10.2. The lowest BCUT2D eigenvalue weighted by atomic mass is 10.2. The zero-order valence-electron chi connectivity index (χ0n) is 9.95. The van der Waals surface area contributed by atoms with Crippen molar-refractivity contribution in [1.29, 1.82) is 0 Å². The fourth-order valence-electron chi connectivity index (χ4n) is 1.53. The highest BCUT2D eigenvalue weighted by Gasteiger charge is 2.10. The summed E-state index contributed by atoms with van der Waals surface area (Å²) in [5.74, 6) is 4.40. The summed E-state index contributed by atoms with van der Waals surface area (Å²) in [7, 11) is 0. The van der Waals surface area contributed by atoms with Crippen LogP contribution >= 0.6 is 23.2 Å². The average molecular weight is 315 g/mol. The highest BCUT2D eigenvalue weighted by molar-refractivity contribution is 6.31. The summed E-state index contributed by atoms with van der Waals surface area (Å²) < 4.78 is 13.2. The maximum absolute atomic E-state index is 13.2. The molecule has 20 heavy (non-hydrogen) atoms. The van der Waals surface area contributed by atoms with Gasteiger partial charge in [-0.2, -0.15) is 0 Å². The molecule has 1 heterocycles. The van der Waals surface area contributed by atoms with Gasteiger partial charge in [0, 0.05) is 16.3 Å². The standard InChI is InChI=1S/C12H9Cl2FN4O/c13-7-3-8(15)5-9(4-7)17-12(20)6-1-10(14)18-11(2-6)19-16/h1-5H,16H2,(H,17,20)(H,18,19). The minimum absolute atomic E-state index is 0.0999. The largest absolute Gasteiger partial charge is 0.322 e. The minimum Gasteiger partial charge on any atom is -0.322 e. The Hall–Kier alpha value is -1.89. The highest BCUT2D eigenvalue weighted by atomic mass is 35.5. The summed E-state index contributed by atoms with van der Waals surface area (Å²) in [4.78, 5) is 15.9. The Balaban J connectivity index is 2.25. The summed E-state index contributed by atoms with van der Waals surface area (Å²) >= 11 is 11.5. The predicted molar refractivity (Wildman–Crippen MR) is 76.4 cm³/mol. The summed E-state index contributed by atoms with van der Waals surface area (Å²) in [5.41, 5.74) is 2.74. The highest BCUT2D eigenvalue weighted by Crippen LogP contribution is 2.20. The first kappa shape index (κ1) is 14.5. The van der Waals surface area contributed by atoms with Crippen molar-refractivity contribution in [2.24, 2.45) is 5.84 Å². The van der Waals surface area contributed by atoms with Gasteiger partial charge in [0.1, 0.15) is 16.8 Å². The van der Waals surface area contributed by atoms with Crippen LogP contribution in [0.25, 0.3) is 0 Å². The molecule has 0 bridgehead atoms. The lowest BCUT2D eigenvalue weighted by Gasteiger charge is -2.08. The van der Waals surface area contributed by atoms with E-state index < -0.39 is 11.7 Å².